The maximum atomic E-state index is 11.7. The number of benzene rings is 2. The molecule has 2 unspecified atom stereocenters. The molecular weight excluding hydrogens is 316 g/mol. The van der Waals surface area contributed by atoms with Crippen molar-refractivity contribution in [3.63, 3.8) is 0 Å². The van der Waals surface area contributed by atoms with E-state index in [0.29, 0.717) is 13.0 Å². The zero-order valence-electron chi connectivity index (χ0n) is 14.1. The Morgan fingerprint density at radius 3 is 2.68 bits per heavy atom. The van der Waals surface area contributed by atoms with Crippen molar-refractivity contribution in [1.29, 1.82) is 0 Å². The van der Waals surface area contributed by atoms with Crippen LogP contribution in [0.4, 0.5) is 0 Å². The average molecular weight is 340 g/mol. The van der Waals surface area contributed by atoms with E-state index in [2.05, 4.69) is 40.5 Å². The van der Waals surface area contributed by atoms with E-state index in [-0.39, 0.29) is 18.0 Å². The first-order chi connectivity index (χ1) is 12.3. The van der Waals surface area contributed by atoms with E-state index in [0.717, 1.165) is 24.2 Å². The SMILES string of the molecule is NNC(=O)C1CC(c2ccccc2OCCCc2ccccc2)NN1. The van der Waals surface area contributed by atoms with Crippen LogP contribution in [0.15, 0.2) is 54.6 Å². The summed E-state index contributed by atoms with van der Waals surface area (Å²) in [6.45, 7) is 0.652. The maximum Gasteiger partial charge on any atom is 0.252 e. The summed E-state index contributed by atoms with van der Waals surface area (Å²) in [5.41, 5.74) is 10.7. The van der Waals surface area contributed by atoms with Crippen LogP contribution in [-0.2, 0) is 11.2 Å². The van der Waals surface area contributed by atoms with E-state index in [1.165, 1.54) is 5.56 Å². The van der Waals surface area contributed by atoms with Crippen LogP contribution in [0.5, 0.6) is 5.75 Å². The lowest BCUT2D eigenvalue weighted by Crippen LogP contribution is -2.45. The van der Waals surface area contributed by atoms with Crippen molar-refractivity contribution in [3.8, 4) is 5.75 Å². The third-order valence-corrected chi connectivity index (χ3v) is 4.37. The van der Waals surface area contributed by atoms with Gasteiger partial charge in [0.15, 0.2) is 0 Å². The van der Waals surface area contributed by atoms with Gasteiger partial charge in [-0.2, -0.15) is 0 Å². The van der Waals surface area contributed by atoms with E-state index in [4.69, 9.17) is 10.6 Å². The van der Waals surface area contributed by atoms with Crippen molar-refractivity contribution in [1.82, 2.24) is 16.3 Å². The molecule has 0 aromatic heterocycles. The third-order valence-electron chi connectivity index (χ3n) is 4.37. The van der Waals surface area contributed by atoms with Gasteiger partial charge in [-0.25, -0.2) is 16.7 Å². The van der Waals surface area contributed by atoms with Crippen LogP contribution in [0.2, 0.25) is 0 Å². The first kappa shape index (κ1) is 17.4. The molecule has 132 valence electrons. The van der Waals surface area contributed by atoms with Crippen molar-refractivity contribution in [2.45, 2.75) is 31.3 Å². The van der Waals surface area contributed by atoms with Crippen molar-refractivity contribution < 1.29 is 9.53 Å². The van der Waals surface area contributed by atoms with Crippen LogP contribution in [0.25, 0.3) is 0 Å². The minimum atomic E-state index is -0.346. The first-order valence-electron chi connectivity index (χ1n) is 8.55. The van der Waals surface area contributed by atoms with Gasteiger partial charge in [0.2, 0.25) is 0 Å². The van der Waals surface area contributed by atoms with Crippen LogP contribution in [0, 0.1) is 0 Å². The molecule has 1 saturated heterocycles. The van der Waals surface area contributed by atoms with Gasteiger partial charge in [-0.15, -0.1) is 0 Å². The molecule has 0 aliphatic carbocycles. The Morgan fingerprint density at radius 2 is 1.88 bits per heavy atom. The van der Waals surface area contributed by atoms with Gasteiger partial charge in [0.05, 0.1) is 12.6 Å². The van der Waals surface area contributed by atoms with E-state index >= 15 is 0 Å². The minimum absolute atomic E-state index is 0.00706. The highest BCUT2D eigenvalue weighted by molar-refractivity contribution is 5.81. The number of nitrogens with one attached hydrogen (secondary N) is 3. The van der Waals surface area contributed by atoms with Gasteiger partial charge in [-0.3, -0.25) is 10.2 Å². The zero-order chi connectivity index (χ0) is 17.5. The number of hydrogen-bond donors (Lipinski definition) is 4. The lowest BCUT2D eigenvalue weighted by Gasteiger charge is -2.16. The fourth-order valence-electron chi connectivity index (χ4n) is 3.04. The fourth-order valence-corrected chi connectivity index (χ4v) is 3.04. The molecule has 0 bridgehead atoms. The molecule has 1 aliphatic rings. The van der Waals surface area contributed by atoms with Crippen molar-refractivity contribution >= 4 is 5.91 Å². The molecule has 6 nitrogen and oxygen atoms in total. The van der Waals surface area contributed by atoms with Crippen LogP contribution >= 0.6 is 0 Å². The normalized spacial score (nSPS) is 19.6. The lowest BCUT2D eigenvalue weighted by molar-refractivity contribution is -0.122. The standard InChI is InChI=1S/C19H24N4O2/c20-21-19(24)17-13-16(22-23-17)15-10-4-5-11-18(15)25-12-6-9-14-7-2-1-3-8-14/h1-5,7-8,10-11,16-17,22-23H,6,9,12-13,20H2,(H,21,24). The highest BCUT2D eigenvalue weighted by Crippen LogP contribution is 2.30. The molecule has 2 aromatic rings. The van der Waals surface area contributed by atoms with E-state index < -0.39 is 0 Å². The molecule has 1 aliphatic heterocycles. The number of hydrazine groups is 2. The highest BCUT2D eigenvalue weighted by atomic mass is 16.5. The number of para-hydroxylation sites is 1. The van der Waals surface area contributed by atoms with E-state index in [9.17, 15) is 4.79 Å². The Labute approximate surface area is 147 Å². The molecular formula is C19H24N4O2. The summed E-state index contributed by atoms with van der Waals surface area (Å²) in [6, 6.07) is 18.0. The number of carbonyl (C=O) groups excluding carboxylic acids is 1. The van der Waals surface area contributed by atoms with Crippen molar-refractivity contribution in [2.24, 2.45) is 5.84 Å². The lowest BCUT2D eigenvalue weighted by atomic mass is 10.0. The molecule has 2 atom stereocenters. The van der Waals surface area contributed by atoms with Crippen LogP contribution in [0.1, 0.15) is 30.0 Å². The Kier molecular flexibility index (Phi) is 6.00. The molecule has 0 saturated carbocycles. The molecule has 1 heterocycles. The van der Waals surface area contributed by atoms with Gasteiger partial charge >= 0.3 is 0 Å². The van der Waals surface area contributed by atoms with Gasteiger partial charge in [0, 0.05) is 5.56 Å². The highest BCUT2D eigenvalue weighted by Gasteiger charge is 2.31. The minimum Gasteiger partial charge on any atom is -0.493 e. The molecule has 0 spiro atoms. The van der Waals surface area contributed by atoms with Gasteiger partial charge in [-0.05, 0) is 30.9 Å². The summed E-state index contributed by atoms with van der Waals surface area (Å²) in [7, 11) is 0. The van der Waals surface area contributed by atoms with Crippen LogP contribution in [0.3, 0.4) is 0 Å². The summed E-state index contributed by atoms with van der Waals surface area (Å²) in [5.74, 6) is 5.83. The predicted molar refractivity (Wildman–Crippen MR) is 96.4 cm³/mol. The second-order valence-electron chi connectivity index (χ2n) is 6.11. The smallest absolute Gasteiger partial charge is 0.252 e. The topological polar surface area (TPSA) is 88.4 Å². The average Bonchev–Trinajstić information content (AvgIpc) is 3.16. The number of hydrogen-bond acceptors (Lipinski definition) is 5. The fraction of sp³-hybridized carbons (Fsp3) is 0.316. The second-order valence-corrected chi connectivity index (χ2v) is 6.11. The Bertz CT molecular complexity index is 693. The Hall–Kier alpha value is -2.41. The molecule has 2 aromatic carbocycles. The van der Waals surface area contributed by atoms with E-state index in [1.54, 1.807) is 0 Å². The van der Waals surface area contributed by atoms with Gasteiger partial charge in [-0.1, -0.05) is 48.5 Å². The number of rotatable bonds is 7. The molecule has 6 heteroatoms. The molecule has 25 heavy (non-hydrogen) atoms. The first-order valence-corrected chi connectivity index (χ1v) is 8.55. The summed E-state index contributed by atoms with van der Waals surface area (Å²) in [5, 5.41) is 0. The predicted octanol–water partition coefficient (Wildman–Crippen LogP) is 1.60. The third kappa shape index (κ3) is 4.57. The number of aryl methyl sites for hydroxylation is 1. The molecule has 1 amide bonds. The van der Waals surface area contributed by atoms with Crippen LogP contribution in [-0.4, -0.2) is 18.6 Å². The summed E-state index contributed by atoms with van der Waals surface area (Å²) >= 11 is 0. The van der Waals surface area contributed by atoms with Crippen molar-refractivity contribution in [3.05, 3.63) is 65.7 Å². The monoisotopic (exact) mass is 340 g/mol. The molecule has 1 fully saturated rings. The van der Waals surface area contributed by atoms with Gasteiger partial charge < -0.3 is 4.74 Å². The Balaban J connectivity index is 1.55. The summed E-state index contributed by atoms with van der Waals surface area (Å²) < 4.78 is 6.00. The summed E-state index contributed by atoms with van der Waals surface area (Å²) in [4.78, 5) is 11.7. The van der Waals surface area contributed by atoms with Crippen molar-refractivity contribution in [2.75, 3.05) is 6.61 Å². The Morgan fingerprint density at radius 1 is 1.12 bits per heavy atom. The second kappa shape index (κ2) is 8.62. The van der Waals surface area contributed by atoms with E-state index in [1.807, 2.05) is 30.3 Å². The number of carbonyl (C=O) groups is 1. The summed E-state index contributed by atoms with van der Waals surface area (Å²) in [6.07, 6.45) is 2.56. The maximum absolute atomic E-state index is 11.7. The molecule has 0 radical (unpaired) electrons. The largest absolute Gasteiger partial charge is 0.493 e. The zero-order valence-corrected chi connectivity index (χ0v) is 14.1. The molecule has 5 N–H and O–H groups in total. The van der Waals surface area contributed by atoms with Gasteiger partial charge in [0.25, 0.3) is 5.91 Å². The number of nitrogens with two attached hydrogens (primary N) is 1. The van der Waals surface area contributed by atoms with Gasteiger partial charge in [0.1, 0.15) is 11.8 Å². The number of ether oxygens (including phenoxy) is 1. The number of amides is 1. The molecule has 3 rings (SSSR count). The quantitative estimate of drug-likeness (QED) is 0.266. The van der Waals surface area contributed by atoms with Crippen LogP contribution < -0.4 is 26.9 Å².